The van der Waals surface area contributed by atoms with Crippen LogP contribution in [0.3, 0.4) is 0 Å². The van der Waals surface area contributed by atoms with Gasteiger partial charge in [-0.15, -0.1) is 0 Å². The van der Waals surface area contributed by atoms with Crippen molar-refractivity contribution in [1.29, 1.82) is 5.26 Å². The summed E-state index contributed by atoms with van der Waals surface area (Å²) in [5, 5.41) is 12.0. The Morgan fingerprint density at radius 2 is 1.87 bits per heavy atom. The summed E-state index contributed by atoms with van der Waals surface area (Å²) in [7, 11) is 0. The molecular formula is C35H42FN7O2. The van der Waals surface area contributed by atoms with E-state index in [4.69, 9.17) is 14.7 Å². The fraction of sp³-hybridized carbons (Fsp3) is 0.486. The van der Waals surface area contributed by atoms with Crippen LogP contribution in [0, 0.1) is 18.3 Å². The highest BCUT2D eigenvalue weighted by Crippen LogP contribution is 2.36. The summed E-state index contributed by atoms with van der Waals surface area (Å²) in [6, 6.07) is 15.2. The number of nitriles is 1. The second-order valence-electron chi connectivity index (χ2n) is 13.4. The Balaban J connectivity index is 1.33. The van der Waals surface area contributed by atoms with Crippen molar-refractivity contribution in [3.8, 4) is 12.1 Å². The molecule has 3 aliphatic heterocycles. The number of hydrogen-bond donors (Lipinski definition) is 0. The van der Waals surface area contributed by atoms with E-state index in [0.717, 1.165) is 43.0 Å². The van der Waals surface area contributed by atoms with Crippen LogP contribution in [0.1, 0.15) is 50.4 Å². The van der Waals surface area contributed by atoms with Gasteiger partial charge in [-0.25, -0.2) is 4.39 Å². The summed E-state index contributed by atoms with van der Waals surface area (Å²) in [4.78, 5) is 30.9. The van der Waals surface area contributed by atoms with Gasteiger partial charge in [0, 0.05) is 60.9 Å². The zero-order chi connectivity index (χ0) is 31.9. The van der Waals surface area contributed by atoms with E-state index in [1.54, 1.807) is 0 Å². The van der Waals surface area contributed by atoms with Crippen molar-refractivity contribution < 1.29 is 13.9 Å². The Morgan fingerprint density at radius 3 is 2.56 bits per heavy atom. The normalized spacial score (nSPS) is 20.4. The number of hydrogen-bond acceptors (Lipinski definition) is 8. The van der Waals surface area contributed by atoms with E-state index in [1.165, 1.54) is 26.9 Å². The lowest BCUT2D eigenvalue weighted by molar-refractivity contribution is -0.131. The van der Waals surface area contributed by atoms with E-state index in [0.29, 0.717) is 38.3 Å². The number of aromatic nitrogens is 2. The molecule has 3 aromatic rings. The van der Waals surface area contributed by atoms with Crippen molar-refractivity contribution in [2.45, 2.75) is 71.1 Å². The average molecular weight is 612 g/mol. The van der Waals surface area contributed by atoms with Crippen molar-refractivity contribution in [3.05, 3.63) is 65.6 Å². The fourth-order valence-electron chi connectivity index (χ4n) is 7.11. The van der Waals surface area contributed by atoms with Crippen LogP contribution in [0.15, 0.2) is 48.8 Å². The van der Waals surface area contributed by atoms with Gasteiger partial charge >= 0.3 is 6.01 Å². The Morgan fingerprint density at radius 1 is 1.09 bits per heavy atom. The van der Waals surface area contributed by atoms with Crippen LogP contribution >= 0.6 is 0 Å². The number of piperazine rings is 1. The maximum atomic E-state index is 13.8. The molecule has 0 N–H and O–H groups in total. The Kier molecular flexibility index (Phi) is 8.40. The van der Waals surface area contributed by atoms with Crippen LogP contribution in [0.25, 0.3) is 10.8 Å². The van der Waals surface area contributed by atoms with Gasteiger partial charge in [0.1, 0.15) is 12.4 Å². The van der Waals surface area contributed by atoms with E-state index in [1.807, 2.05) is 0 Å². The summed E-state index contributed by atoms with van der Waals surface area (Å²) in [5.74, 6) is -0.988. The van der Waals surface area contributed by atoms with Crippen molar-refractivity contribution in [1.82, 2.24) is 19.8 Å². The van der Waals surface area contributed by atoms with Crippen LogP contribution < -0.4 is 14.5 Å². The lowest BCUT2D eigenvalue weighted by Crippen LogP contribution is -2.59. The number of fused-ring (bicyclic) bond motifs is 2. The summed E-state index contributed by atoms with van der Waals surface area (Å²) in [6.45, 7) is 16.0. The smallest absolute Gasteiger partial charge is 0.318 e. The van der Waals surface area contributed by atoms with Gasteiger partial charge in [-0.1, -0.05) is 36.9 Å². The predicted octanol–water partition coefficient (Wildman–Crippen LogP) is 5.17. The lowest BCUT2D eigenvalue weighted by Gasteiger charge is -2.49. The number of ether oxygens (including phenoxy) is 1. The zero-order valence-electron chi connectivity index (χ0n) is 26.7. The van der Waals surface area contributed by atoms with E-state index in [-0.39, 0.29) is 18.5 Å². The van der Waals surface area contributed by atoms with Gasteiger partial charge in [-0.2, -0.15) is 15.2 Å². The maximum Gasteiger partial charge on any atom is 0.318 e. The summed E-state index contributed by atoms with van der Waals surface area (Å²) in [6.07, 6.45) is 1.89. The predicted molar refractivity (Wildman–Crippen MR) is 174 cm³/mol. The van der Waals surface area contributed by atoms with Gasteiger partial charge < -0.3 is 19.4 Å². The minimum Gasteiger partial charge on any atom is -0.462 e. The lowest BCUT2D eigenvalue weighted by atomic mass is 9.94. The average Bonchev–Trinajstić information content (AvgIpc) is 2.98. The molecule has 10 heteroatoms. The van der Waals surface area contributed by atoms with Crippen LogP contribution in [-0.2, 0) is 17.8 Å². The van der Waals surface area contributed by atoms with Gasteiger partial charge in [-0.05, 0) is 57.6 Å². The molecule has 0 saturated carbocycles. The summed E-state index contributed by atoms with van der Waals surface area (Å²) >= 11 is 0. The third-order valence-electron chi connectivity index (χ3n) is 9.47. The molecule has 4 heterocycles. The van der Waals surface area contributed by atoms with E-state index in [2.05, 4.69) is 91.4 Å². The quantitative estimate of drug-likeness (QED) is 0.339. The molecule has 0 spiro atoms. The summed E-state index contributed by atoms with van der Waals surface area (Å²) < 4.78 is 20.2. The minimum atomic E-state index is -1.01. The molecule has 1 amide bonds. The molecule has 0 bridgehead atoms. The second-order valence-corrected chi connectivity index (χ2v) is 13.4. The highest BCUT2D eigenvalue weighted by molar-refractivity contribution is 5.97. The second kappa shape index (κ2) is 12.3. The molecule has 1 unspecified atom stereocenters. The highest BCUT2D eigenvalue weighted by atomic mass is 19.1. The zero-order valence-corrected chi connectivity index (χ0v) is 26.7. The van der Waals surface area contributed by atoms with Gasteiger partial charge in [0.25, 0.3) is 5.91 Å². The van der Waals surface area contributed by atoms with Gasteiger partial charge in [-0.3, -0.25) is 9.69 Å². The van der Waals surface area contributed by atoms with Crippen LogP contribution in [0.4, 0.5) is 15.9 Å². The van der Waals surface area contributed by atoms with Crippen LogP contribution in [-0.4, -0.2) is 82.6 Å². The molecule has 2 fully saturated rings. The molecule has 2 atom stereocenters. The van der Waals surface area contributed by atoms with Crippen molar-refractivity contribution in [2.75, 3.05) is 49.1 Å². The monoisotopic (exact) mass is 611 g/mol. The standard InChI is InChI=1S/C35H42FN7O2/c1-23-8-6-9-25-10-7-11-30(31(23)25)40-16-14-28-29(21-40)38-34(45-22-27-13-17-43(27)35(3,4)5)39-32(28)41-18-19-42(33(44)24(2)36)26(20-41)12-15-37/h6-11,26-27H,2,12-14,16-22H2,1,3-5H3/t26-,27?/m0/s1. The molecule has 3 aliphatic rings. The van der Waals surface area contributed by atoms with Crippen molar-refractivity contribution in [2.24, 2.45) is 0 Å². The highest BCUT2D eigenvalue weighted by Gasteiger charge is 2.38. The van der Waals surface area contributed by atoms with Crippen LogP contribution in [0.2, 0.25) is 0 Å². The van der Waals surface area contributed by atoms with Gasteiger partial charge in [0.2, 0.25) is 0 Å². The Labute approximate surface area is 264 Å². The van der Waals surface area contributed by atoms with Crippen LogP contribution in [0.5, 0.6) is 6.01 Å². The largest absolute Gasteiger partial charge is 0.462 e. The number of likely N-dealkylation sites (tertiary alicyclic amines) is 1. The van der Waals surface area contributed by atoms with E-state index in [9.17, 15) is 14.4 Å². The number of carbonyl (C=O) groups is 1. The fourth-order valence-corrected chi connectivity index (χ4v) is 7.11. The van der Waals surface area contributed by atoms with Crippen molar-refractivity contribution in [3.63, 3.8) is 0 Å². The summed E-state index contributed by atoms with van der Waals surface area (Å²) in [5.41, 5.74) is 4.45. The van der Waals surface area contributed by atoms with E-state index >= 15 is 0 Å². The minimum absolute atomic E-state index is 0.0585. The molecule has 0 radical (unpaired) electrons. The number of carbonyl (C=O) groups excluding carboxylic acids is 1. The Hall–Kier alpha value is -4.23. The molecule has 1 aromatic heterocycles. The molecule has 45 heavy (non-hydrogen) atoms. The number of rotatable bonds is 7. The first-order valence-corrected chi connectivity index (χ1v) is 15.8. The first kappa shape index (κ1) is 30.8. The van der Waals surface area contributed by atoms with Crippen molar-refractivity contribution >= 4 is 28.2 Å². The number of benzene rings is 2. The molecule has 9 nitrogen and oxygen atoms in total. The molecule has 2 aromatic carbocycles. The molecule has 236 valence electrons. The SMILES string of the molecule is C=C(F)C(=O)N1CCN(c2nc(OCC3CCN3C(C)(C)C)nc3c2CCN(c2cccc4cccc(C)c24)C3)C[C@@H]1CC#N. The molecule has 6 rings (SSSR count). The number of amides is 1. The van der Waals surface area contributed by atoms with Gasteiger partial charge in [0.05, 0.1) is 30.8 Å². The topological polar surface area (TPSA) is 88.8 Å². The third kappa shape index (κ3) is 6.06. The van der Waals surface area contributed by atoms with E-state index < -0.39 is 17.8 Å². The van der Waals surface area contributed by atoms with Gasteiger partial charge in [0.15, 0.2) is 5.83 Å². The molecule has 0 aliphatic carbocycles. The number of halogens is 1. The maximum absolute atomic E-state index is 13.8. The number of anilines is 2. The number of aryl methyl sites for hydroxylation is 1. The third-order valence-corrected chi connectivity index (χ3v) is 9.47. The number of nitrogens with zero attached hydrogens (tertiary/aromatic N) is 7. The molecule has 2 saturated heterocycles. The first-order chi connectivity index (χ1) is 21.5. The Bertz CT molecular complexity index is 1660. The molecular weight excluding hydrogens is 569 g/mol. The first-order valence-electron chi connectivity index (χ1n) is 15.8.